The van der Waals surface area contributed by atoms with E-state index in [1.54, 1.807) is 0 Å². The van der Waals surface area contributed by atoms with E-state index in [4.69, 9.17) is 14.2 Å². The van der Waals surface area contributed by atoms with Crippen LogP contribution in [-0.2, 0) is 28.6 Å². The van der Waals surface area contributed by atoms with Gasteiger partial charge in [-0.1, -0.05) is 373 Å². The summed E-state index contributed by atoms with van der Waals surface area (Å²) in [5, 5.41) is 0. The van der Waals surface area contributed by atoms with Crippen LogP contribution in [0.15, 0.2) is 12.2 Å². The zero-order valence-corrected chi connectivity index (χ0v) is 54.6. The predicted octanol–water partition coefficient (Wildman–Crippen LogP) is 25.2. The molecule has 0 N–H and O–H groups in total. The van der Waals surface area contributed by atoms with Crippen LogP contribution in [0.2, 0.25) is 0 Å². The molecule has 1 atom stereocenters. The fourth-order valence-electron chi connectivity index (χ4n) is 11.5. The summed E-state index contributed by atoms with van der Waals surface area (Å²) in [5.74, 6) is -0.841. The van der Waals surface area contributed by atoms with Crippen molar-refractivity contribution in [3.05, 3.63) is 12.2 Å². The second-order valence-corrected chi connectivity index (χ2v) is 25.2. The van der Waals surface area contributed by atoms with E-state index in [1.165, 1.54) is 321 Å². The first kappa shape index (κ1) is 78.1. The maximum atomic E-state index is 12.9. The van der Waals surface area contributed by atoms with E-state index in [0.717, 1.165) is 64.2 Å². The van der Waals surface area contributed by atoms with Crippen molar-refractivity contribution in [1.29, 1.82) is 0 Å². The summed E-state index contributed by atoms with van der Waals surface area (Å²) in [5.41, 5.74) is 0. The van der Waals surface area contributed by atoms with Crippen LogP contribution in [-0.4, -0.2) is 37.2 Å². The average molecular weight is 1130 g/mol. The quantitative estimate of drug-likeness (QED) is 0.0261. The second kappa shape index (κ2) is 69.6. The minimum Gasteiger partial charge on any atom is -0.462 e. The third kappa shape index (κ3) is 66.9. The van der Waals surface area contributed by atoms with E-state index >= 15 is 0 Å². The lowest BCUT2D eigenvalue weighted by Crippen LogP contribution is -2.30. The Balaban J connectivity index is 4.09. The first-order chi connectivity index (χ1) is 39.5. The van der Waals surface area contributed by atoms with E-state index in [0.29, 0.717) is 19.3 Å². The third-order valence-corrected chi connectivity index (χ3v) is 17.0. The molecule has 0 saturated carbocycles. The highest BCUT2D eigenvalue weighted by Crippen LogP contribution is 2.19. The highest BCUT2D eigenvalue weighted by Gasteiger charge is 2.20. The Bertz CT molecular complexity index is 1250. The number of ether oxygens (including phenoxy) is 3. The molecule has 0 saturated heterocycles. The number of allylic oxidation sites excluding steroid dienone is 2. The van der Waals surface area contributed by atoms with Crippen molar-refractivity contribution in [2.45, 2.75) is 431 Å². The number of rotatable bonds is 69. The highest BCUT2D eigenvalue weighted by molar-refractivity contribution is 5.71. The maximum Gasteiger partial charge on any atom is 0.306 e. The van der Waals surface area contributed by atoms with Crippen LogP contribution >= 0.6 is 0 Å². The fraction of sp³-hybridized carbons (Fsp3) is 0.932. The van der Waals surface area contributed by atoms with Crippen LogP contribution in [0.4, 0.5) is 0 Å². The molecule has 1 unspecified atom stereocenters. The summed E-state index contributed by atoms with van der Waals surface area (Å²) in [6, 6.07) is 0. The second-order valence-electron chi connectivity index (χ2n) is 25.2. The van der Waals surface area contributed by atoms with Crippen molar-refractivity contribution in [2.24, 2.45) is 0 Å². The lowest BCUT2D eigenvalue weighted by atomic mass is 10.0. The average Bonchev–Trinajstić information content (AvgIpc) is 3.46. The Hall–Kier alpha value is -1.85. The third-order valence-electron chi connectivity index (χ3n) is 17.0. The zero-order valence-electron chi connectivity index (χ0n) is 54.6. The summed E-state index contributed by atoms with van der Waals surface area (Å²) in [6.07, 6.45) is 84.1. The van der Waals surface area contributed by atoms with Crippen LogP contribution in [0.1, 0.15) is 425 Å². The van der Waals surface area contributed by atoms with Gasteiger partial charge in [-0.2, -0.15) is 0 Å². The van der Waals surface area contributed by atoms with Crippen LogP contribution in [0.25, 0.3) is 0 Å². The number of unbranched alkanes of at least 4 members (excludes halogenated alkanes) is 56. The van der Waals surface area contributed by atoms with Crippen molar-refractivity contribution in [2.75, 3.05) is 13.2 Å². The molecular formula is C74H142O6. The van der Waals surface area contributed by atoms with Crippen molar-refractivity contribution < 1.29 is 28.6 Å². The molecule has 0 heterocycles. The minimum absolute atomic E-state index is 0.0666. The van der Waals surface area contributed by atoms with Crippen LogP contribution in [0, 0.1) is 0 Å². The van der Waals surface area contributed by atoms with Gasteiger partial charge in [-0.25, -0.2) is 0 Å². The fourth-order valence-corrected chi connectivity index (χ4v) is 11.5. The van der Waals surface area contributed by atoms with E-state index in [2.05, 4.69) is 32.9 Å². The van der Waals surface area contributed by atoms with Crippen molar-refractivity contribution in [3.8, 4) is 0 Å². The van der Waals surface area contributed by atoms with Gasteiger partial charge in [0.2, 0.25) is 0 Å². The van der Waals surface area contributed by atoms with Gasteiger partial charge in [0.15, 0.2) is 6.10 Å². The number of esters is 3. The lowest BCUT2D eigenvalue weighted by Gasteiger charge is -2.18. The SMILES string of the molecule is CCCCCCCC/C=C\CCCCCCCC(=O)OC(COC(=O)CCCCCCCCCCCCCCCCC)COC(=O)CCCCCCCCCCCCCCCCCCCCCCCCCCCCCCCCCC. The monoisotopic (exact) mass is 1130 g/mol. The Morgan fingerprint density at radius 2 is 0.412 bits per heavy atom. The molecule has 0 aromatic carbocycles. The molecule has 0 aliphatic rings. The Morgan fingerprint density at radius 3 is 0.625 bits per heavy atom. The molecule has 0 spiro atoms. The molecule has 80 heavy (non-hydrogen) atoms. The van der Waals surface area contributed by atoms with Gasteiger partial charge in [0, 0.05) is 19.3 Å². The Morgan fingerprint density at radius 1 is 0.237 bits per heavy atom. The molecule has 474 valence electrons. The molecule has 0 aromatic heterocycles. The highest BCUT2D eigenvalue weighted by atomic mass is 16.6. The van der Waals surface area contributed by atoms with Gasteiger partial charge in [0.05, 0.1) is 0 Å². The van der Waals surface area contributed by atoms with Gasteiger partial charge in [0.1, 0.15) is 13.2 Å². The smallest absolute Gasteiger partial charge is 0.306 e. The number of hydrogen-bond acceptors (Lipinski definition) is 6. The van der Waals surface area contributed by atoms with E-state index in [1.807, 2.05) is 0 Å². The summed E-state index contributed by atoms with van der Waals surface area (Å²) < 4.78 is 17.0. The topological polar surface area (TPSA) is 78.9 Å². The largest absolute Gasteiger partial charge is 0.462 e. The summed E-state index contributed by atoms with van der Waals surface area (Å²) >= 11 is 0. The van der Waals surface area contributed by atoms with Crippen LogP contribution in [0.5, 0.6) is 0 Å². The molecular weight excluding hydrogens is 985 g/mol. The molecule has 0 aliphatic carbocycles. The first-order valence-corrected chi connectivity index (χ1v) is 36.7. The molecule has 0 aromatic rings. The van der Waals surface area contributed by atoms with Gasteiger partial charge in [-0.15, -0.1) is 0 Å². The Labute approximate surface area is 501 Å². The van der Waals surface area contributed by atoms with Gasteiger partial charge in [-0.05, 0) is 44.9 Å². The summed E-state index contributed by atoms with van der Waals surface area (Å²) in [6.45, 7) is 6.72. The number of hydrogen-bond donors (Lipinski definition) is 0. The van der Waals surface area contributed by atoms with Gasteiger partial charge in [0.25, 0.3) is 0 Å². The van der Waals surface area contributed by atoms with Gasteiger partial charge < -0.3 is 14.2 Å². The molecule has 0 aliphatic heterocycles. The maximum absolute atomic E-state index is 12.9. The molecule has 0 bridgehead atoms. The predicted molar refractivity (Wildman–Crippen MR) is 349 cm³/mol. The van der Waals surface area contributed by atoms with Crippen molar-refractivity contribution >= 4 is 17.9 Å². The normalized spacial score (nSPS) is 12.0. The molecule has 0 fully saturated rings. The van der Waals surface area contributed by atoms with Crippen molar-refractivity contribution in [3.63, 3.8) is 0 Å². The summed E-state index contributed by atoms with van der Waals surface area (Å²) in [7, 11) is 0. The van der Waals surface area contributed by atoms with Gasteiger partial charge >= 0.3 is 17.9 Å². The van der Waals surface area contributed by atoms with Crippen LogP contribution < -0.4 is 0 Å². The molecule has 6 heteroatoms. The number of carbonyl (C=O) groups is 3. The first-order valence-electron chi connectivity index (χ1n) is 36.7. The van der Waals surface area contributed by atoms with E-state index < -0.39 is 6.10 Å². The molecule has 0 radical (unpaired) electrons. The summed E-state index contributed by atoms with van der Waals surface area (Å²) in [4.78, 5) is 38.4. The minimum atomic E-state index is -0.771. The molecule has 0 rings (SSSR count). The molecule has 0 amide bonds. The van der Waals surface area contributed by atoms with Crippen molar-refractivity contribution in [1.82, 2.24) is 0 Å². The van der Waals surface area contributed by atoms with Crippen LogP contribution in [0.3, 0.4) is 0 Å². The van der Waals surface area contributed by atoms with Gasteiger partial charge in [-0.3, -0.25) is 14.4 Å². The number of carbonyl (C=O) groups excluding carboxylic acids is 3. The zero-order chi connectivity index (χ0) is 57.8. The van der Waals surface area contributed by atoms with E-state index in [-0.39, 0.29) is 31.1 Å². The Kier molecular flexibility index (Phi) is 68.0. The molecule has 6 nitrogen and oxygen atoms in total. The van der Waals surface area contributed by atoms with E-state index in [9.17, 15) is 14.4 Å². The standard InChI is InChI=1S/C74H142O6/c1-4-7-10-13-16-19-22-25-28-29-30-31-32-33-34-35-36-37-38-39-40-41-42-43-44-47-49-52-55-58-61-64-67-73(76)79-70-71(80-74(77)68-65-62-59-56-53-50-46-27-24-21-18-15-12-9-6-3)69-78-72(75)66-63-60-57-54-51-48-45-26-23-20-17-14-11-8-5-2/h27,46,71H,4-26,28-45,47-70H2,1-3H3/b46-27-. The lowest BCUT2D eigenvalue weighted by molar-refractivity contribution is -0.167.